The van der Waals surface area contributed by atoms with Crippen LogP contribution in [-0.4, -0.2) is 24.8 Å². The molecule has 0 fully saturated rings. The van der Waals surface area contributed by atoms with Crippen LogP contribution >= 0.6 is 15.9 Å². The SMILES string of the molecule is CCOC(=O)N[C@@H](CC(=O)N/N=C\c1ccc(-c2ccc(Br)cc2)o1)c1ccccc1. The molecule has 31 heavy (non-hydrogen) atoms. The van der Waals surface area contributed by atoms with Crippen molar-refractivity contribution in [1.29, 1.82) is 0 Å². The summed E-state index contributed by atoms with van der Waals surface area (Å²) in [7, 11) is 0. The van der Waals surface area contributed by atoms with Gasteiger partial charge in [-0.15, -0.1) is 0 Å². The lowest BCUT2D eigenvalue weighted by Gasteiger charge is -2.17. The second-order valence-electron chi connectivity index (χ2n) is 6.53. The van der Waals surface area contributed by atoms with Crippen LogP contribution in [0.3, 0.4) is 0 Å². The molecule has 7 nitrogen and oxygen atoms in total. The Labute approximate surface area is 188 Å². The molecule has 8 heteroatoms. The first kappa shape index (κ1) is 22.3. The third-order valence-corrected chi connectivity index (χ3v) is 4.82. The highest BCUT2D eigenvalue weighted by Gasteiger charge is 2.18. The molecule has 3 rings (SSSR count). The Morgan fingerprint density at radius 2 is 1.84 bits per heavy atom. The summed E-state index contributed by atoms with van der Waals surface area (Å²) in [6.07, 6.45) is 0.850. The van der Waals surface area contributed by atoms with Crippen LogP contribution in [0, 0.1) is 0 Å². The Balaban J connectivity index is 1.59. The van der Waals surface area contributed by atoms with Gasteiger partial charge >= 0.3 is 6.09 Å². The molecular weight excluding hydrogens is 462 g/mol. The number of furan rings is 1. The summed E-state index contributed by atoms with van der Waals surface area (Å²) in [6, 6.07) is 20.0. The summed E-state index contributed by atoms with van der Waals surface area (Å²) in [5.41, 5.74) is 4.19. The molecule has 1 atom stereocenters. The topological polar surface area (TPSA) is 92.9 Å². The number of amides is 2. The van der Waals surface area contributed by atoms with Crippen molar-refractivity contribution in [3.05, 3.63) is 82.5 Å². The third kappa shape index (κ3) is 6.82. The highest BCUT2D eigenvalue weighted by atomic mass is 79.9. The van der Waals surface area contributed by atoms with E-state index in [1.165, 1.54) is 6.21 Å². The molecule has 0 aliphatic heterocycles. The molecule has 0 aliphatic rings. The smallest absolute Gasteiger partial charge is 0.407 e. The van der Waals surface area contributed by atoms with Gasteiger partial charge in [0.05, 0.1) is 25.3 Å². The number of benzene rings is 2. The molecule has 0 unspecified atom stereocenters. The molecule has 0 spiro atoms. The normalized spacial score (nSPS) is 11.8. The van der Waals surface area contributed by atoms with Gasteiger partial charge in [0.25, 0.3) is 0 Å². The molecule has 2 N–H and O–H groups in total. The molecule has 0 saturated heterocycles. The molecule has 160 valence electrons. The Morgan fingerprint density at radius 3 is 2.55 bits per heavy atom. The van der Waals surface area contributed by atoms with Crippen LogP contribution in [0.25, 0.3) is 11.3 Å². The minimum absolute atomic E-state index is 0.00245. The summed E-state index contributed by atoms with van der Waals surface area (Å²) in [5.74, 6) is 0.840. The molecular formula is C23H22BrN3O4. The average Bonchev–Trinajstić information content (AvgIpc) is 3.23. The predicted octanol–water partition coefficient (Wildman–Crippen LogP) is 5.04. The minimum Gasteiger partial charge on any atom is -0.455 e. The summed E-state index contributed by atoms with van der Waals surface area (Å²) in [6.45, 7) is 1.96. The lowest BCUT2D eigenvalue weighted by molar-refractivity contribution is -0.121. The van der Waals surface area contributed by atoms with Gasteiger partial charge in [0.1, 0.15) is 11.5 Å². The minimum atomic E-state index is -0.580. The van der Waals surface area contributed by atoms with Crippen molar-refractivity contribution < 1.29 is 18.7 Å². The maximum atomic E-state index is 12.4. The van der Waals surface area contributed by atoms with E-state index in [0.29, 0.717) is 11.5 Å². The van der Waals surface area contributed by atoms with Gasteiger partial charge in [-0.1, -0.05) is 58.4 Å². The number of nitrogens with zero attached hydrogens (tertiary/aromatic N) is 1. The van der Waals surface area contributed by atoms with Crippen molar-refractivity contribution in [3.63, 3.8) is 0 Å². The molecule has 2 amide bonds. The number of carbonyl (C=O) groups excluding carboxylic acids is 2. The number of carbonyl (C=O) groups is 2. The fourth-order valence-electron chi connectivity index (χ4n) is 2.84. The monoisotopic (exact) mass is 483 g/mol. The second-order valence-corrected chi connectivity index (χ2v) is 7.45. The van der Waals surface area contributed by atoms with Crippen LogP contribution in [0.1, 0.15) is 30.7 Å². The summed E-state index contributed by atoms with van der Waals surface area (Å²) >= 11 is 3.40. The van der Waals surface area contributed by atoms with Crippen molar-refractivity contribution in [2.45, 2.75) is 19.4 Å². The van der Waals surface area contributed by atoms with Gasteiger partial charge in [-0.05, 0) is 36.8 Å². The fourth-order valence-corrected chi connectivity index (χ4v) is 3.11. The van der Waals surface area contributed by atoms with E-state index >= 15 is 0 Å². The molecule has 3 aromatic rings. The van der Waals surface area contributed by atoms with Crippen molar-refractivity contribution in [2.24, 2.45) is 5.10 Å². The second kappa shape index (κ2) is 11.1. The van der Waals surface area contributed by atoms with Gasteiger partial charge in [0.15, 0.2) is 0 Å². The quantitative estimate of drug-likeness (QED) is 0.346. The first-order chi connectivity index (χ1) is 15.0. The van der Waals surface area contributed by atoms with Crippen LogP contribution in [0.2, 0.25) is 0 Å². The zero-order valence-corrected chi connectivity index (χ0v) is 18.5. The first-order valence-corrected chi connectivity index (χ1v) is 10.5. The Kier molecular flexibility index (Phi) is 8.00. The van der Waals surface area contributed by atoms with Gasteiger partial charge < -0.3 is 14.5 Å². The maximum Gasteiger partial charge on any atom is 0.407 e. The standard InChI is InChI=1S/C23H22BrN3O4/c1-2-30-23(29)26-20(16-6-4-3-5-7-16)14-22(28)27-25-15-19-12-13-21(31-19)17-8-10-18(24)11-9-17/h3-13,15,20H,2,14H2,1H3,(H,26,29)(H,27,28)/b25-15-/t20-/m0/s1. The summed E-state index contributed by atoms with van der Waals surface area (Å²) < 4.78 is 11.6. The lowest BCUT2D eigenvalue weighted by atomic mass is 10.0. The highest BCUT2D eigenvalue weighted by Crippen LogP contribution is 2.23. The van der Waals surface area contributed by atoms with E-state index in [2.05, 4.69) is 31.8 Å². The highest BCUT2D eigenvalue weighted by molar-refractivity contribution is 9.10. The van der Waals surface area contributed by atoms with E-state index in [0.717, 1.165) is 15.6 Å². The third-order valence-electron chi connectivity index (χ3n) is 4.30. The molecule has 1 aromatic heterocycles. The largest absolute Gasteiger partial charge is 0.455 e. The average molecular weight is 484 g/mol. The maximum absolute atomic E-state index is 12.4. The zero-order chi connectivity index (χ0) is 22.1. The number of hydrazone groups is 1. The number of nitrogens with one attached hydrogen (secondary N) is 2. The number of halogens is 1. The Morgan fingerprint density at radius 1 is 1.10 bits per heavy atom. The van der Waals surface area contributed by atoms with Gasteiger partial charge in [0, 0.05) is 10.0 Å². The fraction of sp³-hybridized carbons (Fsp3) is 0.174. The number of hydrogen-bond acceptors (Lipinski definition) is 5. The van der Waals surface area contributed by atoms with Gasteiger partial charge in [0.2, 0.25) is 5.91 Å². The lowest BCUT2D eigenvalue weighted by Crippen LogP contribution is -2.33. The van der Waals surface area contributed by atoms with E-state index in [-0.39, 0.29) is 18.9 Å². The van der Waals surface area contributed by atoms with Crippen LogP contribution < -0.4 is 10.7 Å². The number of rotatable bonds is 8. The Bertz CT molecular complexity index is 1030. The first-order valence-electron chi connectivity index (χ1n) is 9.71. The van der Waals surface area contributed by atoms with E-state index in [1.54, 1.807) is 13.0 Å². The van der Waals surface area contributed by atoms with E-state index < -0.39 is 12.1 Å². The van der Waals surface area contributed by atoms with Crippen LogP contribution in [0.4, 0.5) is 4.79 Å². The van der Waals surface area contributed by atoms with Crippen molar-refractivity contribution in [2.75, 3.05) is 6.61 Å². The van der Waals surface area contributed by atoms with Gasteiger partial charge in [-0.25, -0.2) is 10.2 Å². The molecule has 2 aromatic carbocycles. The summed E-state index contributed by atoms with van der Waals surface area (Å²) in [5, 5.41) is 6.66. The predicted molar refractivity (Wildman–Crippen MR) is 122 cm³/mol. The summed E-state index contributed by atoms with van der Waals surface area (Å²) in [4.78, 5) is 24.2. The van der Waals surface area contributed by atoms with Crippen LogP contribution in [-0.2, 0) is 9.53 Å². The van der Waals surface area contributed by atoms with Gasteiger partial charge in [-0.2, -0.15) is 5.10 Å². The molecule has 0 aliphatic carbocycles. The van der Waals surface area contributed by atoms with Crippen molar-refractivity contribution in [3.8, 4) is 11.3 Å². The Hall–Kier alpha value is -3.39. The molecule has 0 bridgehead atoms. The van der Waals surface area contributed by atoms with E-state index in [9.17, 15) is 9.59 Å². The number of ether oxygens (including phenoxy) is 1. The van der Waals surface area contributed by atoms with Crippen molar-refractivity contribution >= 4 is 34.1 Å². The van der Waals surface area contributed by atoms with Crippen LogP contribution in [0.5, 0.6) is 0 Å². The van der Waals surface area contributed by atoms with E-state index in [4.69, 9.17) is 9.15 Å². The molecule has 0 radical (unpaired) electrons. The number of alkyl carbamates (subject to hydrolysis) is 1. The molecule has 0 saturated carbocycles. The van der Waals surface area contributed by atoms with Gasteiger partial charge in [-0.3, -0.25) is 4.79 Å². The number of hydrogen-bond donors (Lipinski definition) is 2. The molecule has 1 heterocycles. The van der Waals surface area contributed by atoms with Crippen LogP contribution in [0.15, 0.2) is 80.7 Å². The zero-order valence-electron chi connectivity index (χ0n) is 16.9. The van der Waals surface area contributed by atoms with E-state index in [1.807, 2.05) is 60.7 Å². The van der Waals surface area contributed by atoms with Crippen molar-refractivity contribution in [1.82, 2.24) is 10.7 Å².